The van der Waals surface area contributed by atoms with Gasteiger partial charge in [0.2, 0.25) is 0 Å². The molecule has 0 bridgehead atoms. The number of hydrogen-bond acceptors (Lipinski definition) is 4. The number of carbonyl (C=O) groups excluding carboxylic acids is 1. The Morgan fingerprint density at radius 2 is 1.86 bits per heavy atom. The Morgan fingerprint density at radius 3 is 2.44 bits per heavy atom. The second-order valence-electron chi connectivity index (χ2n) is 8.91. The van der Waals surface area contributed by atoms with Gasteiger partial charge in [-0.3, -0.25) is 9.48 Å². The molecule has 1 N–H and O–H groups in total. The molecule has 0 atom stereocenters. The highest BCUT2D eigenvalue weighted by Gasteiger charge is 2.36. The highest BCUT2D eigenvalue weighted by atomic mass is 35.5. The zero-order valence-corrected chi connectivity index (χ0v) is 21.1. The van der Waals surface area contributed by atoms with Crippen molar-refractivity contribution in [2.24, 2.45) is 0 Å². The molecule has 0 aliphatic carbocycles. The van der Waals surface area contributed by atoms with Gasteiger partial charge in [-0.05, 0) is 37.8 Å². The van der Waals surface area contributed by atoms with Crippen LogP contribution >= 0.6 is 11.6 Å². The average Bonchev–Trinajstić information content (AvgIpc) is 3.37. The normalized spacial score (nSPS) is 12.0. The van der Waals surface area contributed by atoms with Crippen molar-refractivity contribution in [1.82, 2.24) is 29.7 Å². The summed E-state index contributed by atoms with van der Waals surface area (Å²) in [5, 5.41) is 11.5. The van der Waals surface area contributed by atoms with Crippen molar-refractivity contribution in [3.8, 4) is 11.3 Å². The quantitative estimate of drug-likeness (QED) is 0.312. The molecule has 190 valence electrons. The number of nitrogens with zero attached hydrogens (tertiary/aromatic N) is 5. The van der Waals surface area contributed by atoms with E-state index >= 15 is 0 Å². The van der Waals surface area contributed by atoms with Crippen molar-refractivity contribution in [3.63, 3.8) is 0 Å². The molecule has 7 nitrogen and oxygen atoms in total. The third-order valence-corrected chi connectivity index (χ3v) is 6.55. The smallest absolute Gasteiger partial charge is 0.352 e. The molecule has 36 heavy (non-hydrogen) atoms. The second-order valence-corrected chi connectivity index (χ2v) is 9.29. The molecule has 1 amide bonds. The van der Waals surface area contributed by atoms with E-state index in [1.807, 2.05) is 39.8 Å². The lowest BCUT2D eigenvalue weighted by Crippen LogP contribution is -2.25. The summed E-state index contributed by atoms with van der Waals surface area (Å²) in [7, 11) is 0. The molecule has 0 aliphatic rings. The number of aromatic nitrogens is 5. The molecule has 0 radical (unpaired) electrons. The van der Waals surface area contributed by atoms with Crippen molar-refractivity contribution in [1.29, 1.82) is 0 Å². The van der Waals surface area contributed by atoms with Crippen LogP contribution in [-0.4, -0.2) is 36.8 Å². The van der Waals surface area contributed by atoms with E-state index in [-0.39, 0.29) is 29.4 Å². The highest BCUT2D eigenvalue weighted by Crippen LogP contribution is 2.33. The molecule has 0 unspecified atom stereocenters. The molecular formula is C25H26ClF3N6O. The van der Waals surface area contributed by atoms with E-state index < -0.39 is 17.8 Å². The number of halogens is 4. The van der Waals surface area contributed by atoms with Crippen molar-refractivity contribution in [2.75, 3.05) is 6.54 Å². The van der Waals surface area contributed by atoms with Gasteiger partial charge < -0.3 is 5.32 Å². The van der Waals surface area contributed by atoms with E-state index in [0.29, 0.717) is 28.1 Å². The van der Waals surface area contributed by atoms with Gasteiger partial charge in [0.05, 0.1) is 28.3 Å². The number of aryl methyl sites for hydroxylation is 2. The Balaban J connectivity index is 1.59. The fourth-order valence-electron chi connectivity index (χ4n) is 3.93. The monoisotopic (exact) mass is 518 g/mol. The first kappa shape index (κ1) is 25.7. The lowest BCUT2D eigenvalue weighted by Gasteiger charge is -2.12. The molecule has 1 aromatic carbocycles. The van der Waals surface area contributed by atoms with E-state index in [1.165, 1.54) is 0 Å². The predicted octanol–water partition coefficient (Wildman–Crippen LogP) is 5.83. The molecule has 0 saturated carbocycles. The highest BCUT2D eigenvalue weighted by molar-refractivity contribution is 6.31. The average molecular weight is 519 g/mol. The number of carbonyl (C=O) groups is 1. The van der Waals surface area contributed by atoms with Gasteiger partial charge in [-0.15, -0.1) is 0 Å². The van der Waals surface area contributed by atoms with Gasteiger partial charge in [0.25, 0.3) is 5.91 Å². The summed E-state index contributed by atoms with van der Waals surface area (Å²) in [5.74, 6) is -0.270. The van der Waals surface area contributed by atoms with Crippen LogP contribution in [0.2, 0.25) is 5.02 Å². The largest absolute Gasteiger partial charge is 0.433 e. The zero-order valence-electron chi connectivity index (χ0n) is 20.3. The maximum atomic E-state index is 13.9. The van der Waals surface area contributed by atoms with Gasteiger partial charge in [0.15, 0.2) is 11.3 Å². The van der Waals surface area contributed by atoms with Crippen LogP contribution in [0, 0.1) is 13.8 Å². The van der Waals surface area contributed by atoms with Gasteiger partial charge in [-0.25, -0.2) is 9.50 Å². The Bertz CT molecular complexity index is 1410. The molecule has 4 rings (SSSR count). The van der Waals surface area contributed by atoms with Crippen molar-refractivity contribution < 1.29 is 18.0 Å². The van der Waals surface area contributed by atoms with Crippen LogP contribution in [0.4, 0.5) is 13.2 Å². The molecule has 3 aromatic heterocycles. The van der Waals surface area contributed by atoms with Crippen LogP contribution in [0.3, 0.4) is 0 Å². The van der Waals surface area contributed by atoms with E-state index in [4.69, 9.17) is 11.6 Å². The first-order valence-electron chi connectivity index (χ1n) is 11.5. The van der Waals surface area contributed by atoms with E-state index in [9.17, 15) is 18.0 Å². The maximum absolute atomic E-state index is 13.9. The standard InChI is InChI=1S/C25H26ClF3N6O/c1-14(2)17-6-8-18(9-7-17)20-12-21(25(27,28)29)35-23(32-20)19(13-31-35)24(36)30-10-5-11-34-16(4)22(26)15(3)33-34/h6-9,12-14H,5,10-11H2,1-4H3,(H,30,36). The Labute approximate surface area is 211 Å². The van der Waals surface area contributed by atoms with Crippen molar-refractivity contribution in [3.05, 3.63) is 69.8 Å². The molecule has 0 aliphatic heterocycles. The van der Waals surface area contributed by atoms with Crippen LogP contribution < -0.4 is 5.32 Å². The van der Waals surface area contributed by atoms with E-state index in [0.717, 1.165) is 29.2 Å². The number of benzene rings is 1. The predicted molar refractivity (Wildman–Crippen MR) is 131 cm³/mol. The molecular weight excluding hydrogens is 493 g/mol. The number of fused-ring (bicyclic) bond motifs is 1. The zero-order chi connectivity index (χ0) is 26.2. The Morgan fingerprint density at radius 1 is 1.17 bits per heavy atom. The molecule has 11 heteroatoms. The van der Waals surface area contributed by atoms with E-state index in [1.54, 1.807) is 16.8 Å². The molecule has 0 saturated heterocycles. The van der Waals surface area contributed by atoms with Crippen molar-refractivity contribution in [2.45, 2.75) is 52.8 Å². The third kappa shape index (κ3) is 5.09. The van der Waals surface area contributed by atoms with Gasteiger partial charge in [0, 0.05) is 18.7 Å². The first-order chi connectivity index (χ1) is 17.0. The SMILES string of the molecule is Cc1nn(CCCNC(=O)c2cnn3c(C(F)(F)F)cc(-c4ccc(C(C)C)cc4)nc23)c(C)c1Cl. The molecule has 0 fully saturated rings. The molecule has 3 heterocycles. The molecule has 0 spiro atoms. The molecule has 4 aromatic rings. The summed E-state index contributed by atoms with van der Waals surface area (Å²) in [6.45, 7) is 8.55. The summed E-state index contributed by atoms with van der Waals surface area (Å²) in [4.78, 5) is 17.2. The first-order valence-corrected chi connectivity index (χ1v) is 11.9. The number of nitrogens with one attached hydrogen (secondary N) is 1. The topological polar surface area (TPSA) is 77.1 Å². The van der Waals surface area contributed by atoms with E-state index in [2.05, 4.69) is 20.5 Å². The lowest BCUT2D eigenvalue weighted by atomic mass is 10.0. The Hall–Kier alpha value is -3.40. The number of hydrogen-bond donors (Lipinski definition) is 1. The minimum Gasteiger partial charge on any atom is -0.352 e. The van der Waals surface area contributed by atoms with Crippen LogP contribution in [0.5, 0.6) is 0 Å². The van der Waals surface area contributed by atoms with Crippen LogP contribution in [0.15, 0.2) is 36.5 Å². The van der Waals surface area contributed by atoms with Gasteiger partial charge in [-0.1, -0.05) is 49.7 Å². The Kier molecular flexibility index (Phi) is 7.08. The van der Waals surface area contributed by atoms with Gasteiger partial charge >= 0.3 is 6.18 Å². The summed E-state index contributed by atoms with van der Waals surface area (Å²) < 4.78 is 44.0. The second kappa shape index (κ2) is 9.93. The fourth-order valence-corrected chi connectivity index (χ4v) is 4.07. The summed E-state index contributed by atoms with van der Waals surface area (Å²) in [6, 6.07) is 8.13. The number of rotatable bonds is 7. The number of alkyl halides is 3. The lowest BCUT2D eigenvalue weighted by molar-refractivity contribution is -0.142. The van der Waals surface area contributed by atoms with Crippen LogP contribution in [0.25, 0.3) is 16.9 Å². The third-order valence-electron chi connectivity index (χ3n) is 6.01. The summed E-state index contributed by atoms with van der Waals surface area (Å²) in [5.41, 5.74) is 2.06. The maximum Gasteiger partial charge on any atom is 0.433 e. The minimum atomic E-state index is -4.69. The fraction of sp³-hybridized carbons (Fsp3) is 0.360. The van der Waals surface area contributed by atoms with Crippen LogP contribution in [-0.2, 0) is 12.7 Å². The summed E-state index contributed by atoms with van der Waals surface area (Å²) >= 11 is 6.16. The van der Waals surface area contributed by atoms with Crippen molar-refractivity contribution >= 4 is 23.2 Å². The minimum absolute atomic E-state index is 0.0321. The van der Waals surface area contributed by atoms with Gasteiger partial charge in [0.1, 0.15) is 5.56 Å². The summed E-state index contributed by atoms with van der Waals surface area (Å²) in [6.07, 6.45) is -3.02. The number of amides is 1. The van der Waals surface area contributed by atoms with Crippen LogP contribution in [0.1, 0.15) is 59.2 Å². The van der Waals surface area contributed by atoms with Gasteiger partial charge in [-0.2, -0.15) is 23.4 Å².